The molecule has 4 heteroatoms. The molecule has 0 saturated carbocycles. The summed E-state index contributed by atoms with van der Waals surface area (Å²) < 4.78 is 51.9. The molecule has 0 bridgehead atoms. The summed E-state index contributed by atoms with van der Waals surface area (Å²) in [4.78, 5) is 0. The molecule has 4 rings (SSSR count). The van der Waals surface area contributed by atoms with E-state index in [4.69, 9.17) is 0 Å². The van der Waals surface area contributed by atoms with Crippen LogP contribution in [-0.4, -0.2) is 0 Å². The van der Waals surface area contributed by atoms with Crippen molar-refractivity contribution in [2.24, 2.45) is 0 Å². The Balaban J connectivity index is 1.55. The second-order valence-electron chi connectivity index (χ2n) is 8.26. The van der Waals surface area contributed by atoms with Crippen LogP contribution in [0.25, 0.3) is 11.1 Å². The minimum Gasteiger partial charge on any atom is -0.206 e. The Bertz CT molecular complexity index is 1190. The van der Waals surface area contributed by atoms with Crippen molar-refractivity contribution < 1.29 is 17.6 Å². The van der Waals surface area contributed by atoms with Crippen molar-refractivity contribution >= 4 is 0 Å². The van der Waals surface area contributed by atoms with Crippen LogP contribution in [0.5, 0.6) is 0 Å². The average molecular weight is 436 g/mol. The summed E-state index contributed by atoms with van der Waals surface area (Å²) in [6, 6.07) is 15.5. The third-order valence-corrected chi connectivity index (χ3v) is 5.92. The van der Waals surface area contributed by atoms with E-state index in [0.717, 1.165) is 37.0 Å². The first-order chi connectivity index (χ1) is 15.3. The summed E-state index contributed by atoms with van der Waals surface area (Å²) in [6.07, 6.45) is 2.00. The van der Waals surface area contributed by atoms with Crippen LogP contribution in [0.1, 0.15) is 59.6 Å². The maximum Gasteiger partial charge on any atom is 0.419 e. The Hall–Kier alpha value is -3.06. The molecule has 3 aromatic rings. The zero-order valence-corrected chi connectivity index (χ0v) is 18.0. The van der Waals surface area contributed by atoms with E-state index < -0.39 is 17.6 Å². The zero-order valence-electron chi connectivity index (χ0n) is 18.0. The van der Waals surface area contributed by atoms with Gasteiger partial charge < -0.3 is 0 Å². The van der Waals surface area contributed by atoms with E-state index in [9.17, 15) is 17.6 Å². The van der Waals surface area contributed by atoms with Crippen molar-refractivity contribution in [3.63, 3.8) is 0 Å². The summed E-state index contributed by atoms with van der Waals surface area (Å²) in [7, 11) is 0. The van der Waals surface area contributed by atoms with Crippen LogP contribution < -0.4 is 0 Å². The van der Waals surface area contributed by atoms with Crippen LogP contribution in [0.2, 0.25) is 0 Å². The van der Waals surface area contributed by atoms with Crippen molar-refractivity contribution in [3.8, 4) is 23.0 Å². The molecule has 0 spiro atoms. The molecule has 0 unspecified atom stereocenters. The number of hydrogen-bond donors (Lipinski definition) is 0. The molecule has 3 aromatic carbocycles. The van der Waals surface area contributed by atoms with Gasteiger partial charge >= 0.3 is 6.18 Å². The first-order valence-corrected chi connectivity index (χ1v) is 11.0. The number of fused-ring (bicyclic) bond motifs is 3. The topological polar surface area (TPSA) is 0 Å². The molecule has 0 fully saturated rings. The lowest BCUT2D eigenvalue weighted by Gasteiger charge is -2.21. The number of aryl methyl sites for hydroxylation is 3. The number of unbranched alkanes of at least 4 members (excludes halogenated alkanes) is 2. The third kappa shape index (κ3) is 4.88. The SMILES string of the molecule is CCCCCc1ccc2c(c1)CCc1cc(C#Cc3ccc(C(F)(F)F)c(F)c3)ccc1-2. The molecular weight excluding hydrogens is 412 g/mol. The monoisotopic (exact) mass is 436 g/mol. The molecule has 0 heterocycles. The Morgan fingerprint density at radius 2 is 1.41 bits per heavy atom. The Kier molecular flexibility index (Phi) is 6.37. The highest BCUT2D eigenvalue weighted by molar-refractivity contribution is 5.74. The molecule has 0 saturated heterocycles. The average Bonchev–Trinajstić information content (AvgIpc) is 2.76. The highest BCUT2D eigenvalue weighted by atomic mass is 19.4. The molecule has 0 aromatic heterocycles. The second-order valence-corrected chi connectivity index (χ2v) is 8.26. The second kappa shape index (κ2) is 9.20. The summed E-state index contributed by atoms with van der Waals surface area (Å²) >= 11 is 0. The van der Waals surface area contributed by atoms with E-state index in [-0.39, 0.29) is 5.56 Å². The lowest BCUT2D eigenvalue weighted by atomic mass is 9.83. The van der Waals surface area contributed by atoms with E-state index in [0.29, 0.717) is 0 Å². The molecule has 0 atom stereocenters. The molecule has 0 aliphatic heterocycles. The highest BCUT2D eigenvalue weighted by Gasteiger charge is 2.33. The van der Waals surface area contributed by atoms with E-state index in [2.05, 4.69) is 43.0 Å². The molecule has 1 aliphatic rings. The quantitative estimate of drug-likeness (QED) is 0.223. The predicted molar refractivity (Wildman–Crippen MR) is 120 cm³/mol. The van der Waals surface area contributed by atoms with Crippen LogP contribution in [0, 0.1) is 17.7 Å². The van der Waals surface area contributed by atoms with Crippen LogP contribution in [0.4, 0.5) is 17.6 Å². The normalized spacial score (nSPS) is 12.5. The van der Waals surface area contributed by atoms with Gasteiger partial charge in [-0.1, -0.05) is 55.9 Å². The van der Waals surface area contributed by atoms with Gasteiger partial charge in [0.05, 0.1) is 5.56 Å². The fourth-order valence-corrected chi connectivity index (χ4v) is 4.23. The predicted octanol–water partition coefficient (Wildman–Crippen LogP) is 7.74. The van der Waals surface area contributed by atoms with Gasteiger partial charge in [-0.2, -0.15) is 13.2 Å². The van der Waals surface area contributed by atoms with Crippen LogP contribution >= 0.6 is 0 Å². The van der Waals surface area contributed by atoms with Crippen molar-refractivity contribution in [2.45, 2.75) is 51.6 Å². The van der Waals surface area contributed by atoms with E-state index >= 15 is 0 Å². The number of halogens is 4. The van der Waals surface area contributed by atoms with Crippen LogP contribution in [0.15, 0.2) is 54.6 Å². The minimum atomic E-state index is -4.71. The highest BCUT2D eigenvalue weighted by Crippen LogP contribution is 2.35. The lowest BCUT2D eigenvalue weighted by molar-refractivity contribution is -0.140. The standard InChI is InChI=1S/C28H24F4/c1-2-3-4-5-19-8-13-24-22(16-19)11-12-23-17-20(9-14-25(23)24)6-7-21-10-15-26(27(29)18-21)28(30,31)32/h8-10,13-18H,2-5,11-12H2,1H3. The smallest absolute Gasteiger partial charge is 0.206 e. The molecule has 0 N–H and O–H groups in total. The third-order valence-electron chi connectivity index (χ3n) is 5.92. The summed E-state index contributed by atoms with van der Waals surface area (Å²) in [5, 5.41) is 0. The number of alkyl halides is 3. The van der Waals surface area contributed by atoms with Gasteiger partial charge in [-0.3, -0.25) is 0 Å². The Labute approximate surface area is 186 Å². The van der Waals surface area contributed by atoms with Crippen molar-refractivity contribution in [3.05, 3.63) is 93.8 Å². The van der Waals surface area contributed by atoms with Gasteiger partial charge in [-0.15, -0.1) is 0 Å². The van der Waals surface area contributed by atoms with Gasteiger partial charge in [0.25, 0.3) is 0 Å². The Morgan fingerprint density at radius 1 is 0.781 bits per heavy atom. The molecule has 164 valence electrons. The number of hydrogen-bond acceptors (Lipinski definition) is 0. The summed E-state index contributed by atoms with van der Waals surface area (Å²) in [5.41, 5.74) is 6.16. The zero-order chi connectivity index (χ0) is 22.7. The summed E-state index contributed by atoms with van der Waals surface area (Å²) in [5.74, 6) is 4.44. The van der Waals surface area contributed by atoms with Gasteiger partial charge in [0, 0.05) is 11.1 Å². The first kappa shape index (κ1) is 22.1. The molecule has 32 heavy (non-hydrogen) atoms. The van der Waals surface area contributed by atoms with Crippen LogP contribution in [0.3, 0.4) is 0 Å². The minimum absolute atomic E-state index is 0.217. The van der Waals surface area contributed by atoms with Crippen molar-refractivity contribution in [1.29, 1.82) is 0 Å². The van der Waals surface area contributed by atoms with Gasteiger partial charge in [0.2, 0.25) is 0 Å². The number of benzene rings is 3. The fourth-order valence-electron chi connectivity index (χ4n) is 4.23. The van der Waals surface area contributed by atoms with E-state index in [1.54, 1.807) is 0 Å². The van der Waals surface area contributed by atoms with Crippen molar-refractivity contribution in [2.75, 3.05) is 0 Å². The van der Waals surface area contributed by atoms with Gasteiger partial charge in [0.1, 0.15) is 5.82 Å². The van der Waals surface area contributed by atoms with Gasteiger partial charge in [0.15, 0.2) is 0 Å². The summed E-state index contributed by atoms with van der Waals surface area (Å²) in [6.45, 7) is 2.21. The fraction of sp³-hybridized carbons (Fsp3) is 0.286. The molecule has 1 aliphatic carbocycles. The maximum absolute atomic E-state index is 13.8. The number of rotatable bonds is 4. The molecule has 0 nitrogen and oxygen atoms in total. The largest absolute Gasteiger partial charge is 0.419 e. The molecule has 0 radical (unpaired) electrons. The molecular formula is C28H24F4. The maximum atomic E-state index is 13.8. The van der Waals surface area contributed by atoms with E-state index in [1.807, 2.05) is 12.1 Å². The van der Waals surface area contributed by atoms with Gasteiger partial charge in [-0.25, -0.2) is 4.39 Å². The first-order valence-electron chi connectivity index (χ1n) is 11.0. The molecule has 0 amide bonds. The Morgan fingerprint density at radius 3 is 2.06 bits per heavy atom. The van der Waals surface area contributed by atoms with E-state index in [1.165, 1.54) is 53.1 Å². The lowest BCUT2D eigenvalue weighted by Crippen LogP contribution is -2.07. The van der Waals surface area contributed by atoms with Crippen LogP contribution in [-0.2, 0) is 25.4 Å². The van der Waals surface area contributed by atoms with Gasteiger partial charge in [-0.05, 0) is 83.8 Å². The van der Waals surface area contributed by atoms with Crippen molar-refractivity contribution in [1.82, 2.24) is 0 Å².